The number of rotatable bonds is 6. The van der Waals surface area contributed by atoms with Crippen LogP contribution >= 0.6 is 34.8 Å². The number of carbonyl (C=O) groups is 3. The number of pyridine rings is 3. The van der Waals surface area contributed by atoms with Crippen LogP contribution in [0.15, 0.2) is 69.4 Å². The molecule has 0 aliphatic heterocycles. The number of nitrogens with zero attached hydrogens (tertiary/aromatic N) is 3. The van der Waals surface area contributed by atoms with Crippen LogP contribution in [0.5, 0.6) is 0 Å². The second-order valence-corrected chi connectivity index (χ2v) is 15.0. The Kier molecular flexibility index (Phi) is 11.6. The Bertz CT molecular complexity index is 2610. The average Bonchev–Trinajstić information content (AvgIpc) is 3.98. The number of aromatic carboxylic acids is 3. The summed E-state index contributed by atoms with van der Waals surface area (Å²) in [6, 6.07) is 7.37. The minimum Gasteiger partial charge on any atom is -0.545 e. The van der Waals surface area contributed by atoms with E-state index in [0.717, 1.165) is 56.7 Å². The summed E-state index contributed by atoms with van der Waals surface area (Å²) in [5.74, 6) is -6.91. The molecule has 58 heavy (non-hydrogen) atoms. The summed E-state index contributed by atoms with van der Waals surface area (Å²) in [6.07, 6.45) is 9.10. The van der Waals surface area contributed by atoms with Gasteiger partial charge in [0, 0.05) is 52.9 Å². The Hall–Kier alpha value is -5.58. The molecular formula is C39H24BCl3F3N3O9. The van der Waals surface area contributed by atoms with Gasteiger partial charge in [-0.3, -0.25) is 14.4 Å². The van der Waals surface area contributed by atoms with Gasteiger partial charge in [-0.1, -0.05) is 34.8 Å². The van der Waals surface area contributed by atoms with Crippen LogP contribution in [0.25, 0.3) is 32.7 Å². The van der Waals surface area contributed by atoms with Crippen LogP contribution in [0.2, 0.25) is 15.1 Å². The SMILES string of the molecule is O=C([O-])c1cn(C2CC2)c2cc(Cl)c(F)cc2c1=O.O=C([O-])c1cn(C2CC2)c2cc(Cl)c(F)cc2c1=O.O=C([O-])c1cn(C2CC2)c2cc(Cl)c(F)cc2c1=O.[B+3]. The maximum atomic E-state index is 13.5. The van der Waals surface area contributed by atoms with Crippen LogP contribution < -0.4 is 31.6 Å². The number of aromatic nitrogens is 3. The molecule has 0 unspecified atom stereocenters. The summed E-state index contributed by atoms with van der Waals surface area (Å²) in [6.45, 7) is 0. The van der Waals surface area contributed by atoms with Gasteiger partial charge in [-0.15, -0.1) is 0 Å². The first-order valence-electron chi connectivity index (χ1n) is 17.2. The molecule has 6 aromatic rings. The number of carboxylic acids is 3. The van der Waals surface area contributed by atoms with Crippen molar-refractivity contribution in [3.8, 4) is 0 Å². The van der Waals surface area contributed by atoms with E-state index in [-0.39, 0.29) is 57.8 Å². The van der Waals surface area contributed by atoms with Crippen molar-refractivity contribution in [2.75, 3.05) is 0 Å². The normalized spacial score (nSPS) is 14.6. The quantitative estimate of drug-likeness (QED) is 0.223. The number of halogens is 6. The van der Waals surface area contributed by atoms with E-state index in [1.54, 1.807) is 13.7 Å². The predicted octanol–water partition coefficient (Wildman–Crippen LogP) is 4.10. The number of carbonyl (C=O) groups excluding carboxylic acids is 3. The molecule has 0 spiro atoms. The molecule has 9 rings (SSSR count). The van der Waals surface area contributed by atoms with E-state index in [2.05, 4.69) is 0 Å². The first-order chi connectivity index (χ1) is 27.0. The molecule has 19 heteroatoms. The van der Waals surface area contributed by atoms with Gasteiger partial charge in [-0.25, -0.2) is 13.2 Å². The van der Waals surface area contributed by atoms with Crippen LogP contribution in [-0.4, -0.2) is 40.0 Å². The fourth-order valence-electron chi connectivity index (χ4n) is 6.43. The zero-order valence-corrected chi connectivity index (χ0v) is 31.8. The average molecular weight is 853 g/mol. The second-order valence-electron chi connectivity index (χ2n) is 13.7. The summed E-state index contributed by atoms with van der Waals surface area (Å²) in [4.78, 5) is 68.9. The van der Waals surface area contributed by atoms with E-state index < -0.39 is 68.3 Å². The van der Waals surface area contributed by atoms with Gasteiger partial charge in [0.2, 0.25) is 0 Å². The van der Waals surface area contributed by atoms with Gasteiger partial charge >= 0.3 is 8.41 Å². The molecule has 3 aliphatic carbocycles. The molecule has 0 saturated heterocycles. The first kappa shape index (κ1) is 42.0. The Labute approximate surface area is 340 Å². The summed E-state index contributed by atoms with van der Waals surface area (Å²) < 4.78 is 45.4. The zero-order valence-electron chi connectivity index (χ0n) is 29.5. The van der Waals surface area contributed by atoms with Gasteiger partial charge in [0.05, 0.1) is 66.2 Å². The van der Waals surface area contributed by atoms with E-state index in [9.17, 15) is 57.3 Å². The van der Waals surface area contributed by atoms with Crippen molar-refractivity contribution in [1.29, 1.82) is 0 Å². The standard InChI is InChI=1S/3C13H9ClFNO3.B/c3*14-9-4-11-7(3-10(9)15)12(17)8(13(18)19)5-16(11)6-1-2-6;/h3*3-6H,1-2H2,(H,18,19);/q;;;+3/p-3. The summed E-state index contributed by atoms with van der Waals surface area (Å²) in [5.41, 5.74) is -2.27. The van der Waals surface area contributed by atoms with E-state index in [4.69, 9.17) is 34.8 Å². The third-order valence-electron chi connectivity index (χ3n) is 9.70. The third kappa shape index (κ3) is 8.09. The zero-order chi connectivity index (χ0) is 41.2. The van der Waals surface area contributed by atoms with Gasteiger partial charge < -0.3 is 43.4 Å². The number of benzene rings is 3. The van der Waals surface area contributed by atoms with E-state index in [1.165, 1.54) is 36.8 Å². The molecule has 3 aliphatic rings. The largest absolute Gasteiger partial charge is 3.00 e. The van der Waals surface area contributed by atoms with E-state index >= 15 is 0 Å². The first-order valence-corrected chi connectivity index (χ1v) is 18.4. The van der Waals surface area contributed by atoms with Crippen LogP contribution in [0, 0.1) is 17.5 Å². The maximum Gasteiger partial charge on any atom is 3.00 e. The molecule has 0 N–H and O–H groups in total. The summed E-state index contributed by atoms with van der Waals surface area (Å²) in [7, 11) is 0. The molecule has 294 valence electrons. The minimum atomic E-state index is -1.56. The van der Waals surface area contributed by atoms with Crippen molar-refractivity contribution in [1.82, 2.24) is 13.7 Å². The molecule has 0 amide bonds. The Morgan fingerprint density at radius 3 is 0.897 bits per heavy atom. The van der Waals surface area contributed by atoms with Crippen molar-refractivity contribution in [2.45, 2.75) is 56.7 Å². The molecule has 0 radical (unpaired) electrons. The second kappa shape index (κ2) is 16.0. The number of carboxylic acid groups (broad SMARTS) is 3. The Morgan fingerprint density at radius 1 is 0.483 bits per heavy atom. The Morgan fingerprint density at radius 2 is 0.707 bits per heavy atom. The van der Waals surface area contributed by atoms with Gasteiger partial charge in [-0.05, 0) is 74.9 Å². The smallest absolute Gasteiger partial charge is 0.545 e. The van der Waals surface area contributed by atoms with Crippen LogP contribution in [-0.2, 0) is 0 Å². The van der Waals surface area contributed by atoms with Crippen molar-refractivity contribution in [2.24, 2.45) is 0 Å². The van der Waals surface area contributed by atoms with E-state index in [0.29, 0.717) is 16.6 Å². The van der Waals surface area contributed by atoms with Gasteiger partial charge in [0.25, 0.3) is 0 Å². The van der Waals surface area contributed by atoms with E-state index in [1.807, 2.05) is 0 Å². The number of hydrogen-bond acceptors (Lipinski definition) is 9. The molecular weight excluding hydrogens is 829 g/mol. The molecule has 0 bridgehead atoms. The molecule has 3 fully saturated rings. The molecule has 0 atom stereocenters. The van der Waals surface area contributed by atoms with Crippen molar-refractivity contribution < 1.29 is 42.9 Å². The molecule has 3 heterocycles. The molecule has 12 nitrogen and oxygen atoms in total. The number of fused-ring (bicyclic) bond motifs is 3. The summed E-state index contributed by atoms with van der Waals surface area (Å²) in [5, 5.41) is 32.6. The van der Waals surface area contributed by atoms with Crippen molar-refractivity contribution in [3.05, 3.63) is 135 Å². The van der Waals surface area contributed by atoms with Gasteiger partial charge in [-0.2, -0.15) is 0 Å². The van der Waals surface area contributed by atoms with Crippen LogP contribution in [0.4, 0.5) is 13.2 Å². The predicted molar refractivity (Wildman–Crippen MR) is 203 cm³/mol. The maximum absolute atomic E-state index is 13.5. The summed E-state index contributed by atoms with van der Waals surface area (Å²) >= 11 is 17.2. The van der Waals surface area contributed by atoms with Crippen molar-refractivity contribution >= 4 is 93.8 Å². The van der Waals surface area contributed by atoms with Crippen LogP contribution in [0.3, 0.4) is 0 Å². The molecule has 3 aromatic carbocycles. The topological polar surface area (TPSA) is 186 Å². The molecule has 3 aromatic heterocycles. The Balaban J connectivity index is 0.000000145. The van der Waals surface area contributed by atoms with Crippen molar-refractivity contribution in [3.63, 3.8) is 0 Å². The van der Waals surface area contributed by atoms with Gasteiger partial charge in [0.15, 0.2) is 16.3 Å². The number of hydrogen-bond donors (Lipinski definition) is 0. The fraction of sp³-hybridized carbons (Fsp3) is 0.231. The van der Waals surface area contributed by atoms with Crippen LogP contribution in [0.1, 0.15) is 87.7 Å². The third-order valence-corrected chi connectivity index (χ3v) is 10.6. The van der Waals surface area contributed by atoms with Gasteiger partial charge in [0.1, 0.15) is 17.5 Å². The molecule has 3 saturated carbocycles. The monoisotopic (exact) mass is 851 g/mol. The fourth-order valence-corrected chi connectivity index (χ4v) is 6.91. The minimum absolute atomic E-state index is 0.